The average Bonchev–Trinajstić information content (AvgIpc) is 3.15. The quantitative estimate of drug-likeness (QED) is 0.466. The maximum Gasteiger partial charge on any atom is 0.302 e. The standard InChI is InChI=1S/C28H44O3/c1-18-20-10-14-27(5)24(25(20,3)13-11-23(18)30)9-8-21-22-7-6-12-28(22,17-31-19(2)29)16-15-26(21,27)4/h18,20-22,24H,6-17H2,1-5H3/t18?,20?,21?,22?,24?,25?,26-,27?,28?/m1/s1. The summed E-state index contributed by atoms with van der Waals surface area (Å²) in [5, 5.41) is 0. The highest BCUT2D eigenvalue weighted by atomic mass is 16.5. The smallest absolute Gasteiger partial charge is 0.302 e. The van der Waals surface area contributed by atoms with Gasteiger partial charge in [-0.3, -0.25) is 9.59 Å². The highest BCUT2D eigenvalue weighted by Crippen LogP contribution is 2.75. The Bertz CT molecular complexity index is 774. The zero-order valence-electron chi connectivity index (χ0n) is 20.6. The van der Waals surface area contributed by atoms with Gasteiger partial charge >= 0.3 is 5.97 Å². The third-order valence-electron chi connectivity index (χ3n) is 12.5. The molecule has 5 fully saturated rings. The summed E-state index contributed by atoms with van der Waals surface area (Å²) in [5.74, 6) is 3.49. The molecule has 0 aromatic carbocycles. The third-order valence-corrected chi connectivity index (χ3v) is 12.5. The molecule has 3 nitrogen and oxygen atoms in total. The van der Waals surface area contributed by atoms with E-state index in [0.29, 0.717) is 34.6 Å². The van der Waals surface area contributed by atoms with Gasteiger partial charge in [-0.2, -0.15) is 0 Å². The van der Waals surface area contributed by atoms with Crippen molar-refractivity contribution in [2.75, 3.05) is 6.61 Å². The molecule has 0 saturated heterocycles. The van der Waals surface area contributed by atoms with E-state index in [-0.39, 0.29) is 17.3 Å². The summed E-state index contributed by atoms with van der Waals surface area (Å²) in [6.45, 7) is 12.3. The molecule has 5 aliphatic rings. The Morgan fingerprint density at radius 1 is 0.903 bits per heavy atom. The van der Waals surface area contributed by atoms with E-state index >= 15 is 0 Å². The predicted molar refractivity (Wildman–Crippen MR) is 122 cm³/mol. The number of Topliss-reactive ketones (excluding diaryl/α,β-unsaturated/α-hetero) is 1. The molecule has 0 bridgehead atoms. The van der Waals surface area contributed by atoms with Crippen LogP contribution in [0.4, 0.5) is 0 Å². The predicted octanol–water partition coefficient (Wildman–Crippen LogP) is 6.58. The van der Waals surface area contributed by atoms with E-state index in [1.165, 1.54) is 57.8 Å². The highest BCUT2D eigenvalue weighted by molar-refractivity contribution is 5.82. The van der Waals surface area contributed by atoms with Gasteiger partial charge in [0.2, 0.25) is 0 Å². The van der Waals surface area contributed by atoms with E-state index < -0.39 is 0 Å². The summed E-state index contributed by atoms with van der Waals surface area (Å²) in [4.78, 5) is 24.2. The van der Waals surface area contributed by atoms with Crippen molar-refractivity contribution in [3.63, 3.8) is 0 Å². The van der Waals surface area contributed by atoms with E-state index in [2.05, 4.69) is 27.7 Å². The van der Waals surface area contributed by atoms with E-state index in [9.17, 15) is 9.59 Å². The number of ether oxygens (including phenoxy) is 1. The molecule has 8 unspecified atom stereocenters. The highest BCUT2D eigenvalue weighted by Gasteiger charge is 2.68. The van der Waals surface area contributed by atoms with Gasteiger partial charge in [-0.25, -0.2) is 0 Å². The van der Waals surface area contributed by atoms with Crippen LogP contribution >= 0.6 is 0 Å². The van der Waals surface area contributed by atoms with E-state index in [4.69, 9.17) is 4.74 Å². The molecule has 9 atom stereocenters. The van der Waals surface area contributed by atoms with Gasteiger partial charge in [0.1, 0.15) is 5.78 Å². The van der Waals surface area contributed by atoms with Crippen molar-refractivity contribution in [3.8, 4) is 0 Å². The van der Waals surface area contributed by atoms with Crippen molar-refractivity contribution in [3.05, 3.63) is 0 Å². The lowest BCUT2D eigenvalue weighted by Gasteiger charge is -2.71. The summed E-state index contributed by atoms with van der Waals surface area (Å²) >= 11 is 0. The first-order valence-corrected chi connectivity index (χ1v) is 13.2. The number of fused-ring (bicyclic) bond motifs is 7. The number of carbonyl (C=O) groups excluding carboxylic acids is 2. The second kappa shape index (κ2) is 7.07. The van der Waals surface area contributed by atoms with Gasteiger partial charge in [0.05, 0.1) is 6.61 Å². The van der Waals surface area contributed by atoms with Crippen LogP contribution in [0.2, 0.25) is 0 Å². The molecule has 5 aliphatic carbocycles. The second-order valence-corrected chi connectivity index (χ2v) is 13.1. The fourth-order valence-corrected chi connectivity index (χ4v) is 10.6. The lowest BCUT2D eigenvalue weighted by Crippen LogP contribution is -2.65. The van der Waals surface area contributed by atoms with E-state index in [1.54, 1.807) is 6.92 Å². The number of esters is 1. The van der Waals surface area contributed by atoms with Crippen molar-refractivity contribution in [2.45, 2.75) is 105 Å². The van der Waals surface area contributed by atoms with Crippen LogP contribution < -0.4 is 0 Å². The Kier molecular flexibility index (Phi) is 5.01. The largest absolute Gasteiger partial charge is 0.465 e. The van der Waals surface area contributed by atoms with E-state index in [0.717, 1.165) is 30.6 Å². The Hall–Kier alpha value is -0.860. The summed E-state index contributed by atoms with van der Waals surface area (Å²) in [6, 6.07) is 0. The Labute approximate surface area is 189 Å². The first kappa shape index (κ1) is 22.0. The SMILES string of the molecule is CC(=O)OCC12CCCC1C1CCC3C4(C)CCC(=O)C(C)C4CCC3(C)[C@]1(C)CC2. The number of carbonyl (C=O) groups is 2. The molecule has 31 heavy (non-hydrogen) atoms. The first-order valence-electron chi connectivity index (χ1n) is 13.2. The molecule has 174 valence electrons. The minimum atomic E-state index is -0.115. The van der Waals surface area contributed by atoms with Gasteiger partial charge in [0.15, 0.2) is 0 Å². The Balaban J connectivity index is 1.47. The molecular formula is C28H44O3. The van der Waals surface area contributed by atoms with Crippen LogP contribution in [0.3, 0.4) is 0 Å². The van der Waals surface area contributed by atoms with Crippen LogP contribution in [0.25, 0.3) is 0 Å². The lowest BCUT2D eigenvalue weighted by atomic mass is 9.33. The molecule has 3 heteroatoms. The molecule has 0 N–H and O–H groups in total. The molecule has 0 radical (unpaired) electrons. The molecule has 5 saturated carbocycles. The molecular weight excluding hydrogens is 384 g/mol. The monoisotopic (exact) mass is 428 g/mol. The number of rotatable bonds is 2. The van der Waals surface area contributed by atoms with Crippen molar-refractivity contribution in [1.29, 1.82) is 0 Å². The van der Waals surface area contributed by atoms with Crippen LogP contribution in [0, 0.1) is 51.2 Å². The molecule has 5 rings (SSSR count). The van der Waals surface area contributed by atoms with Crippen LogP contribution in [-0.2, 0) is 14.3 Å². The maximum absolute atomic E-state index is 12.6. The zero-order valence-corrected chi connectivity index (χ0v) is 20.6. The van der Waals surface area contributed by atoms with Crippen LogP contribution in [0.5, 0.6) is 0 Å². The van der Waals surface area contributed by atoms with Gasteiger partial charge in [-0.1, -0.05) is 34.1 Å². The molecule has 0 heterocycles. The minimum Gasteiger partial charge on any atom is -0.465 e. The zero-order chi connectivity index (χ0) is 22.2. The van der Waals surface area contributed by atoms with Gasteiger partial charge in [0, 0.05) is 24.7 Å². The van der Waals surface area contributed by atoms with Gasteiger partial charge in [-0.15, -0.1) is 0 Å². The third kappa shape index (κ3) is 2.83. The number of hydrogen-bond donors (Lipinski definition) is 0. The lowest BCUT2D eigenvalue weighted by molar-refractivity contribution is -0.228. The first-order chi connectivity index (χ1) is 14.6. The molecule has 0 aromatic rings. The van der Waals surface area contributed by atoms with Gasteiger partial charge in [-0.05, 0) is 97.7 Å². The fourth-order valence-electron chi connectivity index (χ4n) is 10.6. The Morgan fingerprint density at radius 3 is 2.42 bits per heavy atom. The summed E-state index contributed by atoms with van der Waals surface area (Å²) in [6.07, 6.45) is 13.5. The van der Waals surface area contributed by atoms with Crippen LogP contribution in [0.1, 0.15) is 105 Å². The minimum absolute atomic E-state index is 0.115. The van der Waals surface area contributed by atoms with Crippen molar-refractivity contribution in [2.24, 2.45) is 51.2 Å². The summed E-state index contributed by atoms with van der Waals surface area (Å²) in [5.41, 5.74) is 1.32. The normalized spacial score (nSPS) is 53.7. The van der Waals surface area contributed by atoms with E-state index in [1.807, 2.05) is 0 Å². The van der Waals surface area contributed by atoms with Crippen molar-refractivity contribution < 1.29 is 14.3 Å². The molecule has 0 aromatic heterocycles. The van der Waals surface area contributed by atoms with Crippen molar-refractivity contribution in [1.82, 2.24) is 0 Å². The molecule has 0 aliphatic heterocycles. The maximum atomic E-state index is 12.6. The molecule has 0 spiro atoms. The topological polar surface area (TPSA) is 43.4 Å². The Morgan fingerprint density at radius 2 is 1.68 bits per heavy atom. The second-order valence-electron chi connectivity index (χ2n) is 13.1. The number of ketones is 1. The molecule has 0 amide bonds. The fraction of sp³-hybridized carbons (Fsp3) is 0.929. The van der Waals surface area contributed by atoms with Crippen LogP contribution in [0.15, 0.2) is 0 Å². The van der Waals surface area contributed by atoms with Gasteiger partial charge < -0.3 is 4.74 Å². The average molecular weight is 429 g/mol. The number of hydrogen-bond acceptors (Lipinski definition) is 3. The van der Waals surface area contributed by atoms with Crippen molar-refractivity contribution >= 4 is 11.8 Å². The summed E-state index contributed by atoms with van der Waals surface area (Å²) < 4.78 is 5.67. The van der Waals surface area contributed by atoms with Crippen LogP contribution in [-0.4, -0.2) is 18.4 Å². The van der Waals surface area contributed by atoms with Gasteiger partial charge in [0.25, 0.3) is 0 Å². The summed E-state index contributed by atoms with van der Waals surface area (Å²) in [7, 11) is 0.